The zero-order chi connectivity index (χ0) is 36.3. The predicted octanol–water partition coefficient (Wildman–Crippen LogP) is 9.35. The largest absolute Gasteiger partial charge is 0.493 e. The van der Waals surface area contributed by atoms with Crippen molar-refractivity contribution < 1.29 is 23.4 Å². The summed E-state index contributed by atoms with van der Waals surface area (Å²) in [5.74, 6) is 1.55. The van der Waals surface area contributed by atoms with E-state index in [1.165, 1.54) is 41.1 Å². The van der Waals surface area contributed by atoms with Gasteiger partial charge >= 0.3 is 0 Å². The Labute approximate surface area is 310 Å². The van der Waals surface area contributed by atoms with Gasteiger partial charge in [0.2, 0.25) is 11.8 Å². The van der Waals surface area contributed by atoms with E-state index in [1.807, 2.05) is 35.2 Å². The Bertz CT molecular complexity index is 1940. The molecule has 1 amide bonds. The van der Waals surface area contributed by atoms with Gasteiger partial charge in [0.05, 0.1) is 12.8 Å². The molecule has 4 aromatic carbocycles. The third-order valence-corrected chi connectivity index (χ3v) is 9.34. The number of rotatable bonds is 14. The maximum absolute atomic E-state index is 14.9. The smallest absolute Gasteiger partial charge is 0.246 e. The molecule has 0 unspecified atom stereocenters. The highest BCUT2D eigenvalue weighted by Crippen LogP contribution is 2.26. The quantitative estimate of drug-likeness (QED) is 0.107. The van der Waals surface area contributed by atoms with Gasteiger partial charge in [0.25, 0.3) is 0 Å². The van der Waals surface area contributed by atoms with Crippen LogP contribution in [0.3, 0.4) is 0 Å². The Kier molecular flexibility index (Phi) is 12.6. The van der Waals surface area contributed by atoms with Crippen LogP contribution in [0.1, 0.15) is 47.6 Å². The molecule has 1 aromatic heterocycles. The average molecular weight is 720 g/mol. The van der Waals surface area contributed by atoms with Crippen molar-refractivity contribution in [2.45, 2.75) is 39.3 Å². The number of aromatic nitrogens is 1. The zero-order valence-electron chi connectivity index (χ0n) is 29.5. The molecule has 5 aromatic rings. The van der Waals surface area contributed by atoms with Crippen molar-refractivity contribution in [2.24, 2.45) is 0 Å². The van der Waals surface area contributed by atoms with Crippen LogP contribution in [0.2, 0.25) is 5.02 Å². The summed E-state index contributed by atoms with van der Waals surface area (Å²) in [6.45, 7) is 8.98. The van der Waals surface area contributed by atoms with E-state index in [9.17, 15) is 9.18 Å². The van der Waals surface area contributed by atoms with Crippen LogP contribution in [0.5, 0.6) is 23.1 Å². The Hall–Kier alpha value is -5.18. The minimum atomic E-state index is -0.558. The molecular formula is C43H43ClFN3O4. The third kappa shape index (κ3) is 10.4. The molecule has 52 heavy (non-hydrogen) atoms. The van der Waals surface area contributed by atoms with Crippen molar-refractivity contribution in [2.75, 3.05) is 32.8 Å². The van der Waals surface area contributed by atoms with E-state index in [0.29, 0.717) is 48.6 Å². The molecule has 1 aliphatic rings. The lowest BCUT2D eigenvalue weighted by molar-refractivity contribution is -0.127. The van der Waals surface area contributed by atoms with Gasteiger partial charge in [0, 0.05) is 61.9 Å². The first kappa shape index (κ1) is 36.6. The highest BCUT2D eigenvalue weighted by Gasteiger charge is 2.20. The second-order valence-electron chi connectivity index (χ2n) is 13.1. The van der Waals surface area contributed by atoms with Crippen molar-refractivity contribution in [1.29, 1.82) is 0 Å². The van der Waals surface area contributed by atoms with Gasteiger partial charge in [-0.15, -0.1) is 0 Å². The molecule has 2 heterocycles. The van der Waals surface area contributed by atoms with Crippen LogP contribution in [0.4, 0.5) is 4.39 Å². The van der Waals surface area contributed by atoms with Crippen LogP contribution in [-0.4, -0.2) is 53.5 Å². The number of halogens is 2. The molecule has 1 aliphatic heterocycles. The van der Waals surface area contributed by atoms with Crippen LogP contribution in [0.25, 0.3) is 6.08 Å². The number of piperazine rings is 1. The van der Waals surface area contributed by atoms with Gasteiger partial charge < -0.3 is 19.1 Å². The number of hydrogen-bond donors (Lipinski definition) is 0. The van der Waals surface area contributed by atoms with Crippen molar-refractivity contribution in [3.8, 4) is 23.1 Å². The summed E-state index contributed by atoms with van der Waals surface area (Å²) in [6.07, 6.45) is 5.48. The van der Waals surface area contributed by atoms with E-state index < -0.39 is 5.82 Å². The Balaban J connectivity index is 0.905. The van der Waals surface area contributed by atoms with Crippen LogP contribution in [0, 0.1) is 5.82 Å². The number of nitrogens with zero attached hydrogens (tertiary/aromatic N) is 3. The number of hydrogen-bond acceptors (Lipinski definition) is 6. The standard InChI is InChI=1S/C43H43ClFN3O4/c1-31(2)35-13-15-37(16-14-35)50-26-21-32-7-9-34(10-8-32)29-47-22-24-48(25-23-47)43(49)20-12-33-11-18-41(40(45)27-33)52-42-19-17-38(28-46-42)51-30-36-5-3-4-6-39(36)44/h3-20,27-28,31H,21-26,29-30H2,1-2H3. The SMILES string of the molecule is CC(C)c1ccc(OCCc2ccc(CN3CCN(C(=O)C=Cc4ccc(Oc5ccc(OCc6ccccc6Cl)cn5)c(F)c4)CC3)cc2)cc1. The van der Waals surface area contributed by atoms with E-state index in [4.69, 9.17) is 25.8 Å². The lowest BCUT2D eigenvalue weighted by atomic mass is 10.0. The maximum atomic E-state index is 14.9. The fourth-order valence-corrected chi connectivity index (χ4v) is 6.00. The molecule has 0 aliphatic carbocycles. The topological polar surface area (TPSA) is 64.1 Å². The van der Waals surface area contributed by atoms with Crippen molar-refractivity contribution in [1.82, 2.24) is 14.8 Å². The highest BCUT2D eigenvalue weighted by molar-refractivity contribution is 6.31. The molecule has 268 valence electrons. The van der Waals surface area contributed by atoms with Crippen molar-refractivity contribution >= 4 is 23.6 Å². The minimum Gasteiger partial charge on any atom is -0.493 e. The van der Waals surface area contributed by atoms with E-state index in [1.54, 1.807) is 30.3 Å². The molecule has 9 heteroatoms. The van der Waals surface area contributed by atoms with Gasteiger partial charge in [-0.25, -0.2) is 9.37 Å². The number of ether oxygens (including phenoxy) is 3. The second kappa shape index (κ2) is 17.8. The summed E-state index contributed by atoms with van der Waals surface area (Å²) in [5.41, 5.74) is 5.22. The summed E-state index contributed by atoms with van der Waals surface area (Å²) in [6, 6.07) is 32.3. The monoisotopic (exact) mass is 719 g/mol. The van der Waals surface area contributed by atoms with Gasteiger partial charge in [0.15, 0.2) is 11.6 Å². The summed E-state index contributed by atoms with van der Waals surface area (Å²) < 4.78 is 32.2. The first-order chi connectivity index (χ1) is 25.3. The molecule has 0 radical (unpaired) electrons. The highest BCUT2D eigenvalue weighted by atomic mass is 35.5. The Morgan fingerprint density at radius 1 is 0.865 bits per heavy atom. The van der Waals surface area contributed by atoms with Crippen LogP contribution < -0.4 is 14.2 Å². The fraction of sp³-hybridized carbons (Fsp3) is 0.256. The minimum absolute atomic E-state index is 0.0312. The van der Waals surface area contributed by atoms with E-state index in [2.05, 4.69) is 60.1 Å². The molecule has 0 saturated carbocycles. The summed E-state index contributed by atoms with van der Waals surface area (Å²) in [7, 11) is 0. The summed E-state index contributed by atoms with van der Waals surface area (Å²) in [4.78, 5) is 21.3. The van der Waals surface area contributed by atoms with Gasteiger partial charge in [-0.1, -0.05) is 86.1 Å². The lowest BCUT2D eigenvalue weighted by Crippen LogP contribution is -2.47. The van der Waals surface area contributed by atoms with E-state index in [-0.39, 0.29) is 17.5 Å². The van der Waals surface area contributed by atoms with E-state index in [0.717, 1.165) is 37.4 Å². The fourth-order valence-electron chi connectivity index (χ4n) is 5.81. The third-order valence-electron chi connectivity index (χ3n) is 8.97. The van der Waals surface area contributed by atoms with Crippen molar-refractivity contribution in [3.63, 3.8) is 0 Å². The molecule has 0 bridgehead atoms. The maximum Gasteiger partial charge on any atom is 0.246 e. The van der Waals surface area contributed by atoms with Crippen LogP contribution in [-0.2, 0) is 24.4 Å². The first-order valence-corrected chi connectivity index (χ1v) is 18.0. The zero-order valence-corrected chi connectivity index (χ0v) is 30.3. The van der Waals surface area contributed by atoms with Gasteiger partial charge in [-0.2, -0.15) is 0 Å². The van der Waals surface area contributed by atoms with Gasteiger partial charge in [0.1, 0.15) is 18.1 Å². The first-order valence-electron chi connectivity index (χ1n) is 17.6. The van der Waals surface area contributed by atoms with Gasteiger partial charge in [-0.05, 0) is 70.6 Å². The normalized spacial score (nSPS) is 13.4. The van der Waals surface area contributed by atoms with Crippen LogP contribution >= 0.6 is 11.6 Å². The summed E-state index contributed by atoms with van der Waals surface area (Å²) >= 11 is 6.18. The molecule has 0 spiro atoms. The predicted molar refractivity (Wildman–Crippen MR) is 204 cm³/mol. The lowest BCUT2D eigenvalue weighted by Gasteiger charge is -2.34. The van der Waals surface area contributed by atoms with E-state index >= 15 is 0 Å². The summed E-state index contributed by atoms with van der Waals surface area (Å²) in [5, 5.41) is 0.627. The average Bonchev–Trinajstić information content (AvgIpc) is 3.16. The Morgan fingerprint density at radius 2 is 1.60 bits per heavy atom. The Morgan fingerprint density at radius 3 is 2.29 bits per heavy atom. The molecule has 0 N–H and O–H groups in total. The van der Waals surface area contributed by atoms with Crippen LogP contribution in [0.15, 0.2) is 115 Å². The number of pyridine rings is 1. The molecule has 1 fully saturated rings. The van der Waals surface area contributed by atoms with Gasteiger partial charge in [-0.3, -0.25) is 9.69 Å². The number of benzene rings is 4. The molecule has 7 nitrogen and oxygen atoms in total. The molecule has 1 saturated heterocycles. The number of carbonyl (C=O) groups excluding carboxylic acids is 1. The molecular weight excluding hydrogens is 677 g/mol. The van der Waals surface area contributed by atoms with Crippen molar-refractivity contribution in [3.05, 3.63) is 154 Å². The number of amides is 1. The molecule has 0 atom stereocenters. The molecule has 6 rings (SSSR count). The second-order valence-corrected chi connectivity index (χ2v) is 13.5. The number of carbonyl (C=O) groups is 1.